The highest BCUT2D eigenvalue weighted by atomic mass is 32.1. The maximum Gasteiger partial charge on any atom is 0.293 e. The zero-order valence-electron chi connectivity index (χ0n) is 12.6. The van der Waals surface area contributed by atoms with E-state index in [1.807, 2.05) is 6.92 Å². The SMILES string of the molecule is CCc1nnc(NC(=O)c2ccc(-c3ccc([N+](=O)[O-])cc3)o2)s1. The Labute approximate surface area is 140 Å². The molecule has 24 heavy (non-hydrogen) atoms. The van der Waals surface area contributed by atoms with Crippen molar-refractivity contribution in [2.24, 2.45) is 0 Å². The van der Waals surface area contributed by atoms with Gasteiger partial charge in [0.15, 0.2) is 5.76 Å². The van der Waals surface area contributed by atoms with Crippen LogP contribution in [0.4, 0.5) is 10.8 Å². The number of hydrogen-bond donors (Lipinski definition) is 1. The zero-order valence-corrected chi connectivity index (χ0v) is 13.4. The summed E-state index contributed by atoms with van der Waals surface area (Å²) in [4.78, 5) is 22.3. The molecule has 0 bridgehead atoms. The number of aromatic nitrogens is 2. The molecule has 0 fully saturated rings. The topological polar surface area (TPSA) is 111 Å². The molecule has 0 aliphatic heterocycles. The molecule has 3 aromatic rings. The summed E-state index contributed by atoms with van der Waals surface area (Å²) in [5.74, 6) is 0.139. The molecule has 0 saturated heterocycles. The number of nitrogens with one attached hydrogen (secondary N) is 1. The third-order valence-corrected chi connectivity index (χ3v) is 4.17. The number of aryl methyl sites for hydroxylation is 1. The lowest BCUT2D eigenvalue weighted by Gasteiger charge is -1.98. The summed E-state index contributed by atoms with van der Waals surface area (Å²) in [5.41, 5.74) is 0.634. The molecule has 2 heterocycles. The number of rotatable bonds is 5. The molecule has 1 N–H and O–H groups in total. The van der Waals surface area contributed by atoms with E-state index in [4.69, 9.17) is 4.42 Å². The highest BCUT2D eigenvalue weighted by molar-refractivity contribution is 7.15. The van der Waals surface area contributed by atoms with Crippen molar-refractivity contribution >= 4 is 28.1 Å². The van der Waals surface area contributed by atoms with Crippen LogP contribution in [0.25, 0.3) is 11.3 Å². The normalized spacial score (nSPS) is 10.5. The molecule has 0 spiro atoms. The first-order valence-electron chi connectivity index (χ1n) is 7.05. The number of nitro benzene ring substituents is 1. The van der Waals surface area contributed by atoms with E-state index < -0.39 is 10.8 Å². The van der Waals surface area contributed by atoms with Gasteiger partial charge in [-0.25, -0.2) is 0 Å². The van der Waals surface area contributed by atoms with Gasteiger partial charge in [0.2, 0.25) is 5.13 Å². The number of nitro groups is 1. The maximum atomic E-state index is 12.1. The van der Waals surface area contributed by atoms with E-state index in [0.717, 1.165) is 11.4 Å². The van der Waals surface area contributed by atoms with Gasteiger partial charge >= 0.3 is 0 Å². The van der Waals surface area contributed by atoms with Gasteiger partial charge in [-0.3, -0.25) is 20.2 Å². The number of benzene rings is 1. The summed E-state index contributed by atoms with van der Waals surface area (Å²) in [6.45, 7) is 1.95. The lowest BCUT2D eigenvalue weighted by molar-refractivity contribution is -0.384. The van der Waals surface area contributed by atoms with Gasteiger partial charge in [-0.2, -0.15) is 0 Å². The Balaban J connectivity index is 1.74. The summed E-state index contributed by atoms with van der Waals surface area (Å²) in [5, 5.41) is 22.3. The molecule has 8 nitrogen and oxygen atoms in total. The second-order valence-electron chi connectivity index (χ2n) is 4.78. The average molecular weight is 344 g/mol. The molecule has 2 aromatic heterocycles. The third-order valence-electron chi connectivity index (χ3n) is 3.18. The van der Waals surface area contributed by atoms with E-state index in [1.165, 1.54) is 29.5 Å². The minimum atomic E-state index is -0.475. The van der Waals surface area contributed by atoms with Crippen molar-refractivity contribution in [2.45, 2.75) is 13.3 Å². The van der Waals surface area contributed by atoms with Gasteiger partial charge in [-0.15, -0.1) is 10.2 Å². The first-order chi connectivity index (χ1) is 11.6. The van der Waals surface area contributed by atoms with Gasteiger partial charge in [0, 0.05) is 17.7 Å². The molecule has 0 unspecified atom stereocenters. The largest absolute Gasteiger partial charge is 0.451 e. The average Bonchev–Trinajstić information content (AvgIpc) is 3.24. The number of furan rings is 1. The van der Waals surface area contributed by atoms with Gasteiger partial charge in [0.25, 0.3) is 11.6 Å². The van der Waals surface area contributed by atoms with Gasteiger partial charge in [0.1, 0.15) is 10.8 Å². The van der Waals surface area contributed by atoms with Gasteiger partial charge in [-0.1, -0.05) is 18.3 Å². The van der Waals surface area contributed by atoms with Crippen molar-refractivity contribution in [3.05, 3.63) is 57.3 Å². The number of non-ortho nitro benzene ring substituents is 1. The Morgan fingerprint density at radius 2 is 2.00 bits per heavy atom. The summed E-state index contributed by atoms with van der Waals surface area (Å²) in [6, 6.07) is 9.06. The Kier molecular flexibility index (Phi) is 4.34. The van der Waals surface area contributed by atoms with Crippen LogP contribution in [0.15, 0.2) is 40.8 Å². The zero-order chi connectivity index (χ0) is 17.1. The highest BCUT2D eigenvalue weighted by Crippen LogP contribution is 2.25. The predicted octanol–water partition coefficient (Wildman–Crippen LogP) is 3.52. The Hall–Kier alpha value is -3.07. The minimum Gasteiger partial charge on any atom is -0.451 e. The van der Waals surface area contributed by atoms with Crippen LogP contribution < -0.4 is 5.32 Å². The molecule has 0 atom stereocenters. The lowest BCUT2D eigenvalue weighted by atomic mass is 10.1. The van der Waals surface area contributed by atoms with Crippen molar-refractivity contribution < 1.29 is 14.1 Å². The van der Waals surface area contributed by atoms with Gasteiger partial charge < -0.3 is 4.42 Å². The minimum absolute atomic E-state index is 0.00808. The monoisotopic (exact) mass is 344 g/mol. The van der Waals surface area contributed by atoms with E-state index in [2.05, 4.69) is 15.5 Å². The van der Waals surface area contributed by atoms with E-state index in [1.54, 1.807) is 18.2 Å². The summed E-state index contributed by atoms with van der Waals surface area (Å²) >= 11 is 1.30. The first kappa shape index (κ1) is 15.8. The van der Waals surface area contributed by atoms with E-state index in [9.17, 15) is 14.9 Å². The number of hydrogen-bond acceptors (Lipinski definition) is 7. The molecule has 0 radical (unpaired) electrons. The Morgan fingerprint density at radius 1 is 1.25 bits per heavy atom. The fraction of sp³-hybridized carbons (Fsp3) is 0.133. The fourth-order valence-corrected chi connectivity index (χ4v) is 2.64. The van der Waals surface area contributed by atoms with E-state index >= 15 is 0 Å². The van der Waals surface area contributed by atoms with E-state index in [-0.39, 0.29) is 11.4 Å². The molecule has 3 rings (SSSR count). The molecule has 122 valence electrons. The molecule has 0 saturated carbocycles. The molecule has 0 aliphatic carbocycles. The molecular weight excluding hydrogens is 332 g/mol. The summed E-state index contributed by atoms with van der Waals surface area (Å²) in [7, 11) is 0. The Morgan fingerprint density at radius 3 is 2.62 bits per heavy atom. The van der Waals surface area contributed by atoms with Gasteiger partial charge in [0.05, 0.1) is 4.92 Å². The fourth-order valence-electron chi connectivity index (χ4n) is 1.97. The third kappa shape index (κ3) is 3.30. The quantitative estimate of drug-likeness (QED) is 0.560. The van der Waals surface area contributed by atoms with Crippen LogP contribution in [-0.2, 0) is 6.42 Å². The van der Waals surface area contributed by atoms with Crippen LogP contribution in [-0.4, -0.2) is 21.0 Å². The number of anilines is 1. The first-order valence-corrected chi connectivity index (χ1v) is 7.87. The standard InChI is InChI=1S/C15H12N4O4S/c1-2-13-17-18-15(24-13)16-14(20)12-8-7-11(23-12)9-3-5-10(6-4-9)19(21)22/h3-8H,2H2,1H3,(H,16,18,20). The molecule has 9 heteroatoms. The predicted molar refractivity (Wildman–Crippen MR) is 88.0 cm³/mol. The molecule has 1 aromatic carbocycles. The van der Waals surface area contributed by atoms with Crippen LogP contribution in [0.1, 0.15) is 22.5 Å². The van der Waals surface area contributed by atoms with Crippen LogP contribution in [0.5, 0.6) is 0 Å². The summed E-state index contributed by atoms with van der Waals surface area (Å²) in [6.07, 6.45) is 0.749. The van der Waals surface area contributed by atoms with Crippen molar-refractivity contribution in [3.63, 3.8) is 0 Å². The highest BCUT2D eigenvalue weighted by Gasteiger charge is 2.15. The van der Waals surface area contributed by atoms with Gasteiger partial charge in [-0.05, 0) is 30.7 Å². The maximum absolute atomic E-state index is 12.1. The van der Waals surface area contributed by atoms with Crippen LogP contribution >= 0.6 is 11.3 Å². The van der Waals surface area contributed by atoms with Crippen molar-refractivity contribution in [1.82, 2.24) is 10.2 Å². The lowest BCUT2D eigenvalue weighted by Crippen LogP contribution is -2.10. The van der Waals surface area contributed by atoms with Crippen molar-refractivity contribution in [1.29, 1.82) is 0 Å². The number of carbonyl (C=O) groups is 1. The molecular formula is C15H12N4O4S. The van der Waals surface area contributed by atoms with Crippen LogP contribution in [0, 0.1) is 10.1 Å². The van der Waals surface area contributed by atoms with Crippen molar-refractivity contribution in [3.8, 4) is 11.3 Å². The number of amides is 1. The Bertz CT molecular complexity index is 885. The number of nitrogens with zero attached hydrogens (tertiary/aromatic N) is 3. The van der Waals surface area contributed by atoms with E-state index in [0.29, 0.717) is 16.5 Å². The molecule has 1 amide bonds. The van der Waals surface area contributed by atoms with Crippen LogP contribution in [0.2, 0.25) is 0 Å². The van der Waals surface area contributed by atoms with Crippen LogP contribution in [0.3, 0.4) is 0 Å². The second kappa shape index (κ2) is 6.59. The van der Waals surface area contributed by atoms with Crippen molar-refractivity contribution in [2.75, 3.05) is 5.32 Å². The smallest absolute Gasteiger partial charge is 0.293 e. The summed E-state index contributed by atoms with van der Waals surface area (Å²) < 4.78 is 5.51. The second-order valence-corrected chi connectivity index (χ2v) is 5.84. The molecule has 0 aliphatic rings. The number of carbonyl (C=O) groups excluding carboxylic acids is 1.